The van der Waals surface area contributed by atoms with E-state index in [9.17, 15) is 9.59 Å². The first kappa shape index (κ1) is 17.5. The Bertz CT molecular complexity index is 686. The molecule has 0 radical (unpaired) electrons. The third-order valence-electron chi connectivity index (χ3n) is 3.47. The van der Waals surface area contributed by atoms with Gasteiger partial charge in [-0.3, -0.25) is 9.59 Å². The maximum absolute atomic E-state index is 12.2. The molecule has 0 aromatic heterocycles. The van der Waals surface area contributed by atoms with Crippen LogP contribution in [0, 0.1) is 0 Å². The van der Waals surface area contributed by atoms with E-state index in [1.807, 2.05) is 55.5 Å². The number of para-hydroxylation sites is 3. The normalized spacial score (nSPS) is 10.1. The molecule has 24 heavy (non-hydrogen) atoms. The summed E-state index contributed by atoms with van der Waals surface area (Å²) in [6.45, 7) is 4.24. The Balaban J connectivity index is 1.98. The van der Waals surface area contributed by atoms with Gasteiger partial charge in [-0.15, -0.1) is 0 Å². The molecule has 2 aromatic carbocycles. The van der Waals surface area contributed by atoms with Crippen molar-refractivity contribution >= 4 is 23.2 Å². The molecule has 0 atom stereocenters. The molecule has 2 aromatic rings. The molecule has 0 bridgehead atoms. The van der Waals surface area contributed by atoms with E-state index in [1.165, 1.54) is 6.92 Å². The first-order valence-corrected chi connectivity index (χ1v) is 7.96. The van der Waals surface area contributed by atoms with Gasteiger partial charge in [0.05, 0.1) is 12.3 Å². The molecule has 2 rings (SSSR count). The van der Waals surface area contributed by atoms with Crippen LogP contribution in [0.5, 0.6) is 5.75 Å². The fraction of sp³-hybridized carbons (Fsp3) is 0.263. The van der Waals surface area contributed by atoms with Crippen LogP contribution in [-0.4, -0.2) is 25.0 Å². The first-order chi connectivity index (χ1) is 11.6. The van der Waals surface area contributed by atoms with E-state index in [-0.39, 0.29) is 18.2 Å². The Hall–Kier alpha value is -2.82. The fourth-order valence-electron chi connectivity index (χ4n) is 2.35. The fourth-order valence-corrected chi connectivity index (χ4v) is 2.35. The van der Waals surface area contributed by atoms with Gasteiger partial charge in [-0.05, 0) is 31.2 Å². The number of ether oxygens (including phenoxy) is 1. The third kappa shape index (κ3) is 4.84. The van der Waals surface area contributed by atoms with Crippen molar-refractivity contribution in [1.29, 1.82) is 0 Å². The van der Waals surface area contributed by atoms with Crippen LogP contribution in [-0.2, 0) is 9.59 Å². The molecule has 0 aliphatic heterocycles. The van der Waals surface area contributed by atoms with E-state index in [1.54, 1.807) is 11.0 Å². The molecule has 0 heterocycles. The Morgan fingerprint density at radius 3 is 2.38 bits per heavy atom. The van der Waals surface area contributed by atoms with Crippen LogP contribution in [0.3, 0.4) is 0 Å². The molecule has 1 N–H and O–H groups in total. The van der Waals surface area contributed by atoms with E-state index in [4.69, 9.17) is 4.74 Å². The number of anilines is 2. The number of nitrogens with zero attached hydrogens (tertiary/aromatic N) is 1. The summed E-state index contributed by atoms with van der Waals surface area (Å²) in [6, 6.07) is 16.6. The van der Waals surface area contributed by atoms with Gasteiger partial charge in [0.2, 0.25) is 11.8 Å². The SMILES string of the molecule is CCOc1ccccc1NC(=O)CCN(C(C)=O)c1ccccc1. The monoisotopic (exact) mass is 326 g/mol. The Morgan fingerprint density at radius 1 is 1.04 bits per heavy atom. The summed E-state index contributed by atoms with van der Waals surface area (Å²) in [6.07, 6.45) is 0.203. The summed E-state index contributed by atoms with van der Waals surface area (Å²) < 4.78 is 5.49. The van der Waals surface area contributed by atoms with Crippen molar-refractivity contribution in [2.75, 3.05) is 23.4 Å². The van der Waals surface area contributed by atoms with E-state index in [0.29, 0.717) is 24.6 Å². The molecule has 126 valence electrons. The number of hydrogen-bond acceptors (Lipinski definition) is 3. The lowest BCUT2D eigenvalue weighted by atomic mass is 10.2. The quantitative estimate of drug-likeness (QED) is 0.847. The number of rotatable bonds is 7. The molecule has 0 fully saturated rings. The summed E-state index contributed by atoms with van der Waals surface area (Å²) >= 11 is 0. The van der Waals surface area contributed by atoms with Gasteiger partial charge in [0.1, 0.15) is 5.75 Å². The van der Waals surface area contributed by atoms with Gasteiger partial charge >= 0.3 is 0 Å². The number of benzene rings is 2. The molecule has 0 saturated heterocycles. The maximum atomic E-state index is 12.2. The van der Waals surface area contributed by atoms with Crippen molar-refractivity contribution in [3.63, 3.8) is 0 Å². The van der Waals surface area contributed by atoms with Crippen LogP contribution < -0.4 is 15.0 Å². The minimum absolute atomic E-state index is 0.0938. The highest BCUT2D eigenvalue weighted by Gasteiger charge is 2.14. The molecular weight excluding hydrogens is 304 g/mol. The predicted molar refractivity (Wildman–Crippen MR) is 95.3 cm³/mol. The molecule has 0 aliphatic carbocycles. The summed E-state index contributed by atoms with van der Waals surface area (Å²) in [7, 11) is 0. The number of hydrogen-bond donors (Lipinski definition) is 1. The highest BCUT2D eigenvalue weighted by molar-refractivity contribution is 5.95. The van der Waals surface area contributed by atoms with Crippen molar-refractivity contribution in [3.8, 4) is 5.75 Å². The summed E-state index contributed by atoms with van der Waals surface area (Å²) in [5, 5.41) is 2.84. The van der Waals surface area contributed by atoms with Crippen LogP contribution in [0.4, 0.5) is 11.4 Å². The molecule has 0 saturated carbocycles. The van der Waals surface area contributed by atoms with Crippen LogP contribution >= 0.6 is 0 Å². The molecule has 0 spiro atoms. The molecule has 5 heteroatoms. The van der Waals surface area contributed by atoms with Crippen molar-refractivity contribution in [2.45, 2.75) is 20.3 Å². The van der Waals surface area contributed by atoms with Gasteiger partial charge in [-0.1, -0.05) is 30.3 Å². The molecular formula is C19H22N2O3. The van der Waals surface area contributed by atoms with Crippen LogP contribution in [0.15, 0.2) is 54.6 Å². The topological polar surface area (TPSA) is 58.6 Å². The highest BCUT2D eigenvalue weighted by atomic mass is 16.5. The molecule has 0 unspecified atom stereocenters. The average Bonchev–Trinajstić information content (AvgIpc) is 2.58. The second-order valence-corrected chi connectivity index (χ2v) is 5.23. The average molecular weight is 326 g/mol. The smallest absolute Gasteiger partial charge is 0.226 e. The van der Waals surface area contributed by atoms with Crippen molar-refractivity contribution in [2.24, 2.45) is 0 Å². The number of amides is 2. The molecule has 5 nitrogen and oxygen atoms in total. The van der Waals surface area contributed by atoms with Crippen molar-refractivity contribution in [1.82, 2.24) is 0 Å². The minimum atomic E-state index is -0.163. The van der Waals surface area contributed by atoms with Gasteiger partial charge in [-0.25, -0.2) is 0 Å². The summed E-state index contributed by atoms with van der Waals surface area (Å²) in [5.74, 6) is 0.382. The standard InChI is InChI=1S/C19H22N2O3/c1-3-24-18-12-8-7-11-17(18)20-19(23)13-14-21(15(2)22)16-9-5-4-6-10-16/h4-12H,3,13-14H2,1-2H3,(H,20,23). The largest absolute Gasteiger partial charge is 0.492 e. The Kier molecular flexibility index (Phi) is 6.37. The number of carbonyl (C=O) groups excluding carboxylic acids is 2. The van der Waals surface area contributed by atoms with E-state index >= 15 is 0 Å². The number of carbonyl (C=O) groups is 2. The second kappa shape index (κ2) is 8.72. The maximum Gasteiger partial charge on any atom is 0.226 e. The van der Waals surface area contributed by atoms with Crippen molar-refractivity contribution in [3.05, 3.63) is 54.6 Å². The van der Waals surface area contributed by atoms with Gasteiger partial charge in [0, 0.05) is 25.6 Å². The Morgan fingerprint density at radius 2 is 1.71 bits per heavy atom. The first-order valence-electron chi connectivity index (χ1n) is 7.96. The van der Waals surface area contributed by atoms with Crippen LogP contribution in [0.2, 0.25) is 0 Å². The lowest BCUT2D eigenvalue weighted by Crippen LogP contribution is -2.31. The summed E-state index contributed by atoms with van der Waals surface area (Å²) in [4.78, 5) is 25.6. The van der Waals surface area contributed by atoms with E-state index < -0.39 is 0 Å². The predicted octanol–water partition coefficient (Wildman–Crippen LogP) is 3.47. The van der Waals surface area contributed by atoms with Crippen LogP contribution in [0.25, 0.3) is 0 Å². The van der Waals surface area contributed by atoms with Gasteiger partial charge in [0.15, 0.2) is 0 Å². The number of nitrogens with one attached hydrogen (secondary N) is 1. The minimum Gasteiger partial charge on any atom is -0.492 e. The van der Waals surface area contributed by atoms with Gasteiger partial charge < -0.3 is 15.0 Å². The van der Waals surface area contributed by atoms with Crippen LogP contribution in [0.1, 0.15) is 20.3 Å². The zero-order valence-corrected chi connectivity index (χ0v) is 14.0. The van der Waals surface area contributed by atoms with Crippen molar-refractivity contribution < 1.29 is 14.3 Å². The highest BCUT2D eigenvalue weighted by Crippen LogP contribution is 2.24. The van der Waals surface area contributed by atoms with E-state index in [0.717, 1.165) is 5.69 Å². The second-order valence-electron chi connectivity index (χ2n) is 5.23. The van der Waals surface area contributed by atoms with Gasteiger partial charge in [-0.2, -0.15) is 0 Å². The van der Waals surface area contributed by atoms with E-state index in [2.05, 4.69) is 5.32 Å². The molecule has 0 aliphatic rings. The Labute approximate surface area is 142 Å². The lowest BCUT2D eigenvalue weighted by molar-refractivity contribution is -0.117. The zero-order chi connectivity index (χ0) is 17.4. The van der Waals surface area contributed by atoms with Gasteiger partial charge in [0.25, 0.3) is 0 Å². The third-order valence-corrected chi connectivity index (χ3v) is 3.47. The summed E-state index contributed by atoms with van der Waals surface area (Å²) in [5.41, 5.74) is 1.42. The zero-order valence-electron chi connectivity index (χ0n) is 14.0. The molecule has 2 amide bonds. The lowest BCUT2D eigenvalue weighted by Gasteiger charge is -2.21.